The largest absolute Gasteiger partial charge is 0.324 e. The maximum atomic E-state index is 13.5. The molecule has 1 atom stereocenters. The summed E-state index contributed by atoms with van der Waals surface area (Å²) in [5.41, 5.74) is 4.96. The third kappa shape index (κ3) is 3.18. The fourth-order valence-electron chi connectivity index (χ4n) is 4.19. The summed E-state index contributed by atoms with van der Waals surface area (Å²) in [6, 6.07) is 14.9. The van der Waals surface area contributed by atoms with Gasteiger partial charge in [-0.2, -0.15) is 4.98 Å². The van der Waals surface area contributed by atoms with E-state index < -0.39 is 6.04 Å². The number of rotatable bonds is 5. The van der Waals surface area contributed by atoms with Gasteiger partial charge in [-0.3, -0.25) is 14.3 Å². The van der Waals surface area contributed by atoms with Gasteiger partial charge >= 0.3 is 0 Å². The van der Waals surface area contributed by atoms with Crippen molar-refractivity contribution in [1.82, 2.24) is 14.2 Å². The van der Waals surface area contributed by atoms with Crippen LogP contribution in [0, 0.1) is 13.8 Å². The zero-order chi connectivity index (χ0) is 21.4. The average Bonchev–Trinajstić information content (AvgIpc) is 3.05. The molecule has 30 heavy (non-hydrogen) atoms. The van der Waals surface area contributed by atoms with E-state index in [9.17, 15) is 9.59 Å². The predicted octanol–water partition coefficient (Wildman–Crippen LogP) is 4.42. The Kier molecular flexibility index (Phi) is 5.16. The quantitative estimate of drug-likeness (QED) is 0.537. The molecule has 1 amide bonds. The predicted molar refractivity (Wildman–Crippen MR) is 120 cm³/mol. The van der Waals surface area contributed by atoms with Crippen molar-refractivity contribution in [3.63, 3.8) is 0 Å². The number of benzene rings is 2. The molecule has 6 nitrogen and oxygen atoms in total. The molecule has 4 aromatic rings. The molecule has 2 heterocycles. The lowest BCUT2D eigenvalue weighted by Crippen LogP contribution is -2.29. The van der Waals surface area contributed by atoms with Gasteiger partial charge in [-0.15, -0.1) is 0 Å². The number of fused-ring (bicyclic) bond motifs is 3. The molecule has 2 aromatic carbocycles. The summed E-state index contributed by atoms with van der Waals surface area (Å²) in [5, 5.41) is 4.03. The van der Waals surface area contributed by atoms with E-state index in [-0.39, 0.29) is 11.5 Å². The minimum atomic E-state index is -0.459. The molecule has 0 aliphatic carbocycles. The van der Waals surface area contributed by atoms with Crippen LogP contribution in [-0.2, 0) is 11.2 Å². The van der Waals surface area contributed by atoms with E-state index in [0.29, 0.717) is 12.1 Å². The van der Waals surface area contributed by atoms with Crippen molar-refractivity contribution in [2.75, 3.05) is 5.32 Å². The van der Waals surface area contributed by atoms with Gasteiger partial charge in [0.2, 0.25) is 5.91 Å². The molecule has 0 radical (unpaired) electrons. The monoisotopic (exact) mass is 402 g/mol. The first kappa shape index (κ1) is 19.9. The lowest BCUT2D eigenvalue weighted by atomic mass is 10.1. The number of amides is 1. The molecule has 0 saturated carbocycles. The zero-order valence-corrected chi connectivity index (χ0v) is 17.8. The Morgan fingerprint density at radius 1 is 1.10 bits per heavy atom. The highest BCUT2D eigenvalue weighted by molar-refractivity contribution is 5.98. The van der Waals surface area contributed by atoms with Crippen molar-refractivity contribution < 1.29 is 4.79 Å². The molecule has 0 aliphatic heterocycles. The Morgan fingerprint density at radius 2 is 1.87 bits per heavy atom. The second-order valence-corrected chi connectivity index (χ2v) is 7.61. The van der Waals surface area contributed by atoms with Gasteiger partial charge in [-0.25, -0.2) is 4.52 Å². The third-order valence-electron chi connectivity index (χ3n) is 5.66. The van der Waals surface area contributed by atoms with E-state index in [2.05, 4.69) is 17.2 Å². The number of aromatic nitrogens is 3. The van der Waals surface area contributed by atoms with Crippen molar-refractivity contribution in [2.24, 2.45) is 0 Å². The van der Waals surface area contributed by atoms with Gasteiger partial charge in [-0.05, 0) is 49.9 Å². The molecular weight excluding hydrogens is 376 g/mol. The SMILES string of the molecule is CCc1cccc(C)c1NC(=O)[C@@H](CC)n1c2ccccc2c2nc(=O)cc(C)n21. The number of aryl methyl sites for hydroxylation is 3. The molecular formula is C24H26N4O2. The van der Waals surface area contributed by atoms with Crippen molar-refractivity contribution in [3.05, 3.63) is 75.7 Å². The molecule has 0 unspecified atom stereocenters. The number of carbonyl (C=O) groups excluding carboxylic acids is 1. The first-order valence-corrected chi connectivity index (χ1v) is 10.3. The van der Waals surface area contributed by atoms with Crippen LogP contribution in [0.4, 0.5) is 5.69 Å². The molecule has 154 valence electrons. The number of nitrogens with one attached hydrogen (secondary N) is 1. The third-order valence-corrected chi connectivity index (χ3v) is 5.66. The average molecular weight is 402 g/mol. The standard InChI is InChI=1S/C24H26N4O2/c1-5-17-11-9-10-15(3)22(17)26-24(30)19(6-2)28-20-13-8-7-12-18(20)23-25-21(29)14-16(4)27(23)28/h7-14,19H,5-6H2,1-4H3,(H,26,30)/t19-/m1/s1. The van der Waals surface area contributed by atoms with Gasteiger partial charge in [0.1, 0.15) is 6.04 Å². The maximum Gasteiger partial charge on any atom is 0.273 e. The van der Waals surface area contributed by atoms with Crippen LogP contribution in [0.1, 0.15) is 43.1 Å². The number of nitrogens with zero attached hydrogens (tertiary/aromatic N) is 3. The Morgan fingerprint density at radius 3 is 2.60 bits per heavy atom. The Bertz CT molecular complexity index is 1320. The fraction of sp³-hybridized carbons (Fsp3) is 0.292. The van der Waals surface area contributed by atoms with Crippen LogP contribution in [0.2, 0.25) is 0 Å². The minimum Gasteiger partial charge on any atom is -0.324 e. The highest BCUT2D eigenvalue weighted by atomic mass is 16.2. The molecule has 0 fully saturated rings. The summed E-state index contributed by atoms with van der Waals surface area (Å²) in [5.74, 6) is -0.0812. The van der Waals surface area contributed by atoms with Gasteiger partial charge in [0, 0.05) is 22.8 Å². The van der Waals surface area contributed by atoms with Crippen molar-refractivity contribution in [3.8, 4) is 0 Å². The van der Waals surface area contributed by atoms with Gasteiger partial charge in [-0.1, -0.05) is 44.2 Å². The first-order chi connectivity index (χ1) is 14.5. The summed E-state index contributed by atoms with van der Waals surface area (Å²) in [7, 11) is 0. The smallest absolute Gasteiger partial charge is 0.273 e. The topological polar surface area (TPSA) is 68.4 Å². The number of anilines is 1. The minimum absolute atomic E-state index is 0.0812. The van der Waals surface area contributed by atoms with Gasteiger partial charge in [0.15, 0.2) is 5.65 Å². The highest BCUT2D eigenvalue weighted by Gasteiger charge is 2.25. The van der Waals surface area contributed by atoms with E-state index in [0.717, 1.165) is 39.8 Å². The lowest BCUT2D eigenvalue weighted by Gasteiger charge is -2.22. The van der Waals surface area contributed by atoms with Crippen LogP contribution in [0.15, 0.2) is 53.3 Å². The molecule has 1 N–H and O–H groups in total. The van der Waals surface area contributed by atoms with Crippen molar-refractivity contribution in [1.29, 1.82) is 0 Å². The molecule has 6 heteroatoms. The Labute approximate surface area is 175 Å². The Hall–Kier alpha value is -3.41. The second-order valence-electron chi connectivity index (χ2n) is 7.61. The molecule has 2 aromatic heterocycles. The zero-order valence-electron chi connectivity index (χ0n) is 17.8. The van der Waals surface area contributed by atoms with Gasteiger partial charge < -0.3 is 5.32 Å². The number of hydrogen-bond donors (Lipinski definition) is 1. The van der Waals surface area contributed by atoms with Crippen LogP contribution in [-0.4, -0.2) is 20.1 Å². The van der Waals surface area contributed by atoms with Gasteiger partial charge in [0.05, 0.1) is 5.52 Å². The summed E-state index contributed by atoms with van der Waals surface area (Å²) in [4.78, 5) is 29.8. The molecule has 0 saturated heterocycles. The number of carbonyl (C=O) groups is 1. The first-order valence-electron chi connectivity index (χ1n) is 10.3. The molecule has 0 bridgehead atoms. The van der Waals surface area contributed by atoms with E-state index >= 15 is 0 Å². The molecule has 0 spiro atoms. The summed E-state index contributed by atoms with van der Waals surface area (Å²) in [6.07, 6.45) is 1.44. The van der Waals surface area contributed by atoms with Crippen LogP contribution in [0.25, 0.3) is 16.6 Å². The highest BCUT2D eigenvalue weighted by Crippen LogP contribution is 2.28. The van der Waals surface area contributed by atoms with E-state index in [4.69, 9.17) is 0 Å². The molecule has 4 rings (SSSR count). The Balaban J connectivity index is 1.90. The van der Waals surface area contributed by atoms with Crippen LogP contribution < -0.4 is 10.9 Å². The van der Waals surface area contributed by atoms with Crippen LogP contribution in [0.3, 0.4) is 0 Å². The summed E-state index contributed by atoms with van der Waals surface area (Å²) < 4.78 is 3.85. The van der Waals surface area contributed by atoms with Crippen LogP contribution in [0.5, 0.6) is 0 Å². The fourth-order valence-corrected chi connectivity index (χ4v) is 4.19. The molecule has 0 aliphatic rings. The van der Waals surface area contributed by atoms with Crippen molar-refractivity contribution >= 4 is 28.1 Å². The maximum absolute atomic E-state index is 13.5. The second kappa shape index (κ2) is 7.78. The van der Waals surface area contributed by atoms with E-state index in [1.54, 1.807) is 0 Å². The van der Waals surface area contributed by atoms with E-state index in [1.807, 2.05) is 72.4 Å². The van der Waals surface area contributed by atoms with Gasteiger partial charge in [0.25, 0.3) is 5.56 Å². The number of hydrogen-bond acceptors (Lipinski definition) is 3. The van der Waals surface area contributed by atoms with Crippen LogP contribution >= 0.6 is 0 Å². The summed E-state index contributed by atoms with van der Waals surface area (Å²) >= 11 is 0. The number of para-hydroxylation sites is 2. The van der Waals surface area contributed by atoms with E-state index in [1.165, 1.54) is 6.07 Å². The lowest BCUT2D eigenvalue weighted by molar-refractivity contribution is -0.119. The normalized spacial score (nSPS) is 12.4. The van der Waals surface area contributed by atoms with Crippen molar-refractivity contribution in [2.45, 2.75) is 46.6 Å². The summed E-state index contributed by atoms with van der Waals surface area (Å²) in [6.45, 7) is 7.95.